The fourth-order valence-electron chi connectivity index (χ4n) is 2.24. The highest BCUT2D eigenvalue weighted by molar-refractivity contribution is 7.16. The summed E-state index contributed by atoms with van der Waals surface area (Å²) in [5.41, 5.74) is 6.99. The van der Waals surface area contributed by atoms with Gasteiger partial charge in [-0.15, -0.1) is 22.7 Å². The Morgan fingerprint density at radius 3 is 2.80 bits per heavy atom. The molecule has 1 aromatic carbocycles. The topological polar surface area (TPSA) is 97.1 Å². The number of aryl methyl sites for hydroxylation is 1. The van der Waals surface area contributed by atoms with Gasteiger partial charge in [-0.25, -0.2) is 9.78 Å². The number of urea groups is 1. The van der Waals surface area contributed by atoms with Crippen LogP contribution >= 0.6 is 22.7 Å². The number of thiophene rings is 1. The molecule has 128 valence electrons. The summed E-state index contributed by atoms with van der Waals surface area (Å²) in [4.78, 5) is 29.8. The van der Waals surface area contributed by atoms with Crippen molar-refractivity contribution in [3.05, 3.63) is 57.2 Å². The van der Waals surface area contributed by atoms with Gasteiger partial charge in [-0.3, -0.25) is 4.79 Å². The summed E-state index contributed by atoms with van der Waals surface area (Å²) in [5, 5.41) is 8.39. The van der Waals surface area contributed by atoms with E-state index < -0.39 is 6.03 Å². The third-order valence-electron chi connectivity index (χ3n) is 3.35. The van der Waals surface area contributed by atoms with E-state index in [-0.39, 0.29) is 5.91 Å². The number of rotatable bonds is 5. The lowest BCUT2D eigenvalue weighted by molar-refractivity contribution is 0.0951. The number of anilines is 1. The molecular weight excluding hydrogens is 356 g/mol. The monoisotopic (exact) mass is 372 g/mol. The predicted octanol–water partition coefficient (Wildman–Crippen LogP) is 3.60. The zero-order chi connectivity index (χ0) is 17.8. The number of hydrogen-bond donors (Lipinski definition) is 3. The van der Waals surface area contributed by atoms with E-state index >= 15 is 0 Å². The summed E-state index contributed by atoms with van der Waals surface area (Å²) in [6.07, 6.45) is 0. The average Bonchev–Trinajstić information content (AvgIpc) is 3.21. The zero-order valence-electron chi connectivity index (χ0n) is 13.4. The van der Waals surface area contributed by atoms with Gasteiger partial charge in [0.2, 0.25) is 0 Å². The normalized spacial score (nSPS) is 10.4. The van der Waals surface area contributed by atoms with E-state index in [4.69, 9.17) is 5.73 Å². The van der Waals surface area contributed by atoms with Crippen LogP contribution in [0.25, 0.3) is 10.6 Å². The third kappa shape index (κ3) is 4.43. The molecule has 3 aromatic rings. The summed E-state index contributed by atoms with van der Waals surface area (Å²) < 4.78 is 0. The van der Waals surface area contributed by atoms with Crippen LogP contribution in [0.2, 0.25) is 0 Å². The molecule has 4 N–H and O–H groups in total. The number of nitrogens with zero attached hydrogens (tertiary/aromatic N) is 1. The average molecular weight is 372 g/mol. The van der Waals surface area contributed by atoms with Crippen molar-refractivity contribution < 1.29 is 9.59 Å². The Morgan fingerprint density at radius 1 is 1.24 bits per heavy atom. The van der Waals surface area contributed by atoms with Crippen molar-refractivity contribution in [2.75, 3.05) is 5.32 Å². The molecule has 0 aliphatic carbocycles. The first-order valence-electron chi connectivity index (χ1n) is 7.47. The maximum atomic E-state index is 12.3. The van der Waals surface area contributed by atoms with E-state index in [1.165, 1.54) is 0 Å². The number of nitrogens with one attached hydrogen (secondary N) is 2. The molecule has 0 spiro atoms. The van der Waals surface area contributed by atoms with Gasteiger partial charge in [0.15, 0.2) is 0 Å². The molecule has 2 heterocycles. The second kappa shape index (κ2) is 7.45. The number of carbonyl (C=O) groups excluding carboxylic acids is 2. The van der Waals surface area contributed by atoms with E-state index in [1.54, 1.807) is 46.9 Å². The summed E-state index contributed by atoms with van der Waals surface area (Å²) in [7, 11) is 0. The molecule has 0 radical (unpaired) electrons. The summed E-state index contributed by atoms with van der Waals surface area (Å²) in [6.45, 7) is 2.41. The lowest BCUT2D eigenvalue weighted by atomic mass is 10.2. The number of benzene rings is 1. The molecule has 0 aliphatic heterocycles. The van der Waals surface area contributed by atoms with E-state index in [0.717, 1.165) is 20.5 Å². The molecule has 0 atom stereocenters. The minimum Gasteiger partial charge on any atom is -0.351 e. The summed E-state index contributed by atoms with van der Waals surface area (Å²) in [6, 6.07) is 9.95. The van der Waals surface area contributed by atoms with E-state index in [1.807, 2.05) is 24.4 Å². The smallest absolute Gasteiger partial charge is 0.316 e. The van der Waals surface area contributed by atoms with E-state index in [2.05, 4.69) is 15.6 Å². The number of hydrogen-bond acceptors (Lipinski definition) is 5. The van der Waals surface area contributed by atoms with E-state index in [9.17, 15) is 9.59 Å². The highest BCUT2D eigenvalue weighted by Gasteiger charge is 2.09. The van der Waals surface area contributed by atoms with Crippen molar-refractivity contribution in [2.45, 2.75) is 13.5 Å². The number of primary amides is 1. The first kappa shape index (κ1) is 17.1. The quantitative estimate of drug-likeness (QED) is 0.638. The van der Waals surface area contributed by atoms with Crippen LogP contribution in [-0.2, 0) is 6.54 Å². The minimum atomic E-state index is -0.666. The second-order valence-corrected chi connectivity index (χ2v) is 7.50. The Bertz CT molecular complexity index is 917. The van der Waals surface area contributed by atoms with Crippen molar-refractivity contribution in [1.82, 2.24) is 10.3 Å². The SMILES string of the molecule is Cc1nc(-c2ccc(CNC(=O)c3cccc(NC(N)=O)c3)s2)cs1. The van der Waals surface area contributed by atoms with Gasteiger partial charge in [-0.2, -0.15) is 0 Å². The predicted molar refractivity (Wildman–Crippen MR) is 101 cm³/mol. The van der Waals surface area contributed by atoms with Crippen LogP contribution in [0.5, 0.6) is 0 Å². The Morgan fingerprint density at radius 2 is 2.08 bits per heavy atom. The molecule has 0 saturated carbocycles. The van der Waals surface area contributed by atoms with Gasteiger partial charge in [0.25, 0.3) is 5.91 Å². The fourth-order valence-corrected chi connectivity index (χ4v) is 3.83. The largest absolute Gasteiger partial charge is 0.351 e. The van der Waals surface area contributed by atoms with Gasteiger partial charge < -0.3 is 16.4 Å². The molecule has 2 aromatic heterocycles. The van der Waals surface area contributed by atoms with Crippen LogP contribution < -0.4 is 16.4 Å². The van der Waals surface area contributed by atoms with Crippen molar-refractivity contribution in [2.24, 2.45) is 5.73 Å². The first-order valence-corrected chi connectivity index (χ1v) is 9.17. The van der Waals surface area contributed by atoms with Gasteiger partial charge in [0.05, 0.1) is 22.1 Å². The number of nitrogens with two attached hydrogens (primary N) is 1. The molecule has 0 fully saturated rings. The van der Waals surface area contributed by atoms with Crippen molar-refractivity contribution >= 4 is 40.3 Å². The third-order valence-corrected chi connectivity index (χ3v) is 5.23. The van der Waals surface area contributed by atoms with Crippen LogP contribution in [0.15, 0.2) is 41.8 Å². The molecule has 8 heteroatoms. The Hall–Kier alpha value is -2.71. The standard InChI is InChI=1S/C17H16N4O2S2/c1-10-20-14(9-24-10)15-6-5-13(25-15)8-19-16(22)11-3-2-4-12(7-11)21-17(18)23/h2-7,9H,8H2,1H3,(H,19,22)(H3,18,21,23). The van der Waals surface area contributed by atoms with Gasteiger partial charge in [0, 0.05) is 21.5 Å². The highest BCUT2D eigenvalue weighted by atomic mass is 32.1. The Labute approximate surface area is 152 Å². The van der Waals surface area contributed by atoms with E-state index in [0.29, 0.717) is 17.8 Å². The fraction of sp³-hybridized carbons (Fsp3) is 0.118. The summed E-state index contributed by atoms with van der Waals surface area (Å²) >= 11 is 3.22. The molecule has 0 unspecified atom stereocenters. The number of thiazole rings is 1. The molecular formula is C17H16N4O2S2. The van der Waals surface area contributed by atoms with Crippen molar-refractivity contribution in [3.8, 4) is 10.6 Å². The van der Waals surface area contributed by atoms with Crippen LogP contribution in [0.4, 0.5) is 10.5 Å². The number of aromatic nitrogens is 1. The maximum absolute atomic E-state index is 12.3. The Balaban J connectivity index is 1.63. The van der Waals surface area contributed by atoms with Crippen molar-refractivity contribution in [1.29, 1.82) is 0 Å². The Kier molecular flexibility index (Phi) is 5.11. The molecule has 0 aliphatic rings. The van der Waals surface area contributed by atoms with Crippen LogP contribution in [0.3, 0.4) is 0 Å². The summed E-state index contributed by atoms with van der Waals surface area (Å²) in [5.74, 6) is -0.215. The van der Waals surface area contributed by atoms with Crippen LogP contribution in [-0.4, -0.2) is 16.9 Å². The molecule has 0 saturated heterocycles. The zero-order valence-corrected chi connectivity index (χ0v) is 15.0. The van der Waals surface area contributed by atoms with Gasteiger partial charge in [-0.1, -0.05) is 6.07 Å². The molecule has 6 nitrogen and oxygen atoms in total. The molecule has 3 rings (SSSR count). The number of carbonyl (C=O) groups is 2. The highest BCUT2D eigenvalue weighted by Crippen LogP contribution is 2.28. The van der Waals surface area contributed by atoms with Gasteiger partial charge in [-0.05, 0) is 37.3 Å². The van der Waals surface area contributed by atoms with Crippen LogP contribution in [0, 0.1) is 6.92 Å². The second-order valence-electron chi connectivity index (χ2n) is 5.27. The van der Waals surface area contributed by atoms with Gasteiger partial charge in [0.1, 0.15) is 0 Å². The maximum Gasteiger partial charge on any atom is 0.316 e. The first-order chi connectivity index (χ1) is 12.0. The van der Waals surface area contributed by atoms with Crippen molar-refractivity contribution in [3.63, 3.8) is 0 Å². The van der Waals surface area contributed by atoms with Crippen LogP contribution in [0.1, 0.15) is 20.2 Å². The minimum absolute atomic E-state index is 0.215. The lowest BCUT2D eigenvalue weighted by Crippen LogP contribution is -2.23. The molecule has 25 heavy (non-hydrogen) atoms. The van der Waals surface area contributed by atoms with Gasteiger partial charge >= 0.3 is 6.03 Å². The lowest BCUT2D eigenvalue weighted by Gasteiger charge is -2.06. The molecule has 3 amide bonds. The molecule has 0 bridgehead atoms. The number of amides is 3.